The van der Waals surface area contributed by atoms with E-state index in [1.54, 1.807) is 12.3 Å². The van der Waals surface area contributed by atoms with Crippen molar-refractivity contribution in [1.82, 2.24) is 15.2 Å². The fraction of sp³-hybridized carbons (Fsp3) is 0.615. The second-order valence-corrected chi connectivity index (χ2v) is 4.99. The van der Waals surface area contributed by atoms with Gasteiger partial charge >= 0.3 is 0 Å². The number of anilines is 1. The molecule has 20 heavy (non-hydrogen) atoms. The first-order chi connectivity index (χ1) is 9.70. The van der Waals surface area contributed by atoms with Crippen molar-refractivity contribution < 1.29 is 4.79 Å². The smallest absolute Gasteiger partial charge is 0.268 e. The number of nitrogens with two attached hydrogens (primary N) is 1. The van der Waals surface area contributed by atoms with Gasteiger partial charge in [-0.25, -0.2) is 10.5 Å². The Morgan fingerprint density at radius 2 is 2.10 bits per heavy atom. The maximum atomic E-state index is 12.0. The number of nitrogens with zero attached hydrogens (tertiary/aromatic N) is 3. The lowest BCUT2D eigenvalue weighted by Crippen LogP contribution is -2.30. The van der Waals surface area contributed by atoms with Gasteiger partial charge in [-0.2, -0.15) is 5.10 Å². The van der Waals surface area contributed by atoms with E-state index in [0.717, 1.165) is 25.2 Å². The van der Waals surface area contributed by atoms with Crippen molar-refractivity contribution in [3.8, 4) is 0 Å². The Bertz CT molecular complexity index is 508. The molecule has 1 aromatic rings. The summed E-state index contributed by atoms with van der Waals surface area (Å²) >= 11 is 0. The van der Waals surface area contributed by atoms with E-state index in [4.69, 9.17) is 5.84 Å². The Morgan fingerprint density at radius 1 is 1.35 bits per heavy atom. The molecule has 0 atom stereocenters. The molecule has 0 spiro atoms. The van der Waals surface area contributed by atoms with Crippen LogP contribution in [0.1, 0.15) is 32.1 Å². The molecule has 1 aliphatic heterocycles. The topological polar surface area (TPSA) is 93.2 Å². The molecule has 1 fully saturated rings. The average Bonchev–Trinajstić information content (AvgIpc) is 2.98. The van der Waals surface area contributed by atoms with E-state index in [1.165, 1.54) is 17.5 Å². The highest BCUT2D eigenvalue weighted by Gasteiger charge is 2.13. The SMILES string of the molecule is NNC(=O)CCCCn1ncc(N2CCCC2)cc1=O. The van der Waals surface area contributed by atoms with E-state index in [0.29, 0.717) is 19.4 Å². The molecule has 1 amide bonds. The summed E-state index contributed by atoms with van der Waals surface area (Å²) in [6.45, 7) is 2.52. The Hall–Kier alpha value is -1.89. The van der Waals surface area contributed by atoms with Crippen LogP contribution in [0, 0.1) is 0 Å². The number of rotatable bonds is 6. The highest BCUT2D eigenvalue weighted by Crippen LogP contribution is 2.16. The van der Waals surface area contributed by atoms with E-state index in [1.807, 2.05) is 0 Å². The molecule has 1 saturated heterocycles. The van der Waals surface area contributed by atoms with Gasteiger partial charge in [-0.15, -0.1) is 0 Å². The molecule has 7 heteroatoms. The standard InChI is InChI=1S/C13H21N5O2/c14-16-12(19)5-1-2-8-18-13(20)9-11(10-15-18)17-6-3-4-7-17/h9-10H,1-8,14H2,(H,16,19). The van der Waals surface area contributed by atoms with Crippen molar-refractivity contribution >= 4 is 11.6 Å². The molecule has 0 saturated carbocycles. The van der Waals surface area contributed by atoms with Crippen LogP contribution in [-0.2, 0) is 11.3 Å². The Labute approximate surface area is 117 Å². The van der Waals surface area contributed by atoms with Gasteiger partial charge in [-0.3, -0.25) is 15.0 Å². The normalized spacial score (nSPS) is 14.6. The lowest BCUT2D eigenvalue weighted by molar-refractivity contribution is -0.121. The van der Waals surface area contributed by atoms with Crippen LogP contribution in [0.3, 0.4) is 0 Å². The molecule has 0 unspecified atom stereocenters. The second-order valence-electron chi connectivity index (χ2n) is 4.99. The quantitative estimate of drug-likeness (QED) is 0.331. The summed E-state index contributed by atoms with van der Waals surface area (Å²) < 4.78 is 1.44. The van der Waals surface area contributed by atoms with Gasteiger partial charge in [0.2, 0.25) is 5.91 Å². The van der Waals surface area contributed by atoms with Gasteiger partial charge in [-0.1, -0.05) is 0 Å². The van der Waals surface area contributed by atoms with E-state index >= 15 is 0 Å². The van der Waals surface area contributed by atoms with Crippen LogP contribution in [0.2, 0.25) is 0 Å². The third-order valence-corrected chi connectivity index (χ3v) is 3.51. The molecule has 110 valence electrons. The largest absolute Gasteiger partial charge is 0.370 e. The predicted octanol–water partition coefficient (Wildman–Crippen LogP) is 0.00370. The fourth-order valence-electron chi connectivity index (χ4n) is 2.36. The Balaban J connectivity index is 1.86. The van der Waals surface area contributed by atoms with E-state index < -0.39 is 0 Å². The highest BCUT2D eigenvalue weighted by atomic mass is 16.2. The summed E-state index contributed by atoms with van der Waals surface area (Å²) in [5, 5.41) is 4.20. The summed E-state index contributed by atoms with van der Waals surface area (Å²) in [7, 11) is 0. The fourth-order valence-corrected chi connectivity index (χ4v) is 2.36. The number of hydrogen-bond acceptors (Lipinski definition) is 5. The number of aryl methyl sites for hydroxylation is 1. The maximum absolute atomic E-state index is 12.0. The number of hydrogen-bond donors (Lipinski definition) is 2. The molecule has 0 radical (unpaired) electrons. The van der Waals surface area contributed by atoms with Crippen LogP contribution in [-0.4, -0.2) is 28.8 Å². The lowest BCUT2D eigenvalue weighted by Gasteiger charge is -2.17. The first kappa shape index (κ1) is 14.5. The van der Waals surface area contributed by atoms with Crippen LogP contribution >= 0.6 is 0 Å². The Morgan fingerprint density at radius 3 is 2.75 bits per heavy atom. The van der Waals surface area contributed by atoms with E-state index in [9.17, 15) is 9.59 Å². The van der Waals surface area contributed by atoms with E-state index in [-0.39, 0.29) is 11.5 Å². The molecule has 1 aromatic heterocycles. The zero-order valence-electron chi connectivity index (χ0n) is 11.5. The summed E-state index contributed by atoms with van der Waals surface area (Å²) in [5.74, 6) is 4.81. The number of unbranched alkanes of at least 4 members (excludes halogenated alkanes) is 1. The number of nitrogens with one attached hydrogen (secondary N) is 1. The zero-order chi connectivity index (χ0) is 14.4. The third kappa shape index (κ3) is 3.80. The van der Waals surface area contributed by atoms with Gasteiger partial charge in [0.25, 0.3) is 5.56 Å². The van der Waals surface area contributed by atoms with Gasteiger partial charge in [0, 0.05) is 32.1 Å². The minimum atomic E-state index is -0.185. The second kappa shape index (κ2) is 7.04. The number of aromatic nitrogens is 2. The van der Waals surface area contributed by atoms with Crippen molar-refractivity contribution in [1.29, 1.82) is 0 Å². The first-order valence-corrected chi connectivity index (χ1v) is 7.02. The number of amides is 1. The van der Waals surface area contributed by atoms with Gasteiger partial charge in [0.1, 0.15) is 0 Å². The molecule has 0 aliphatic carbocycles. The summed E-state index contributed by atoms with van der Waals surface area (Å²) in [5.41, 5.74) is 2.91. The van der Waals surface area contributed by atoms with Gasteiger partial charge < -0.3 is 4.90 Å². The van der Waals surface area contributed by atoms with Crippen LogP contribution in [0.5, 0.6) is 0 Å². The molecule has 0 aromatic carbocycles. The van der Waals surface area contributed by atoms with E-state index in [2.05, 4.69) is 15.4 Å². The number of carbonyl (C=O) groups is 1. The van der Waals surface area contributed by atoms with Crippen molar-refractivity contribution in [2.24, 2.45) is 5.84 Å². The molecular weight excluding hydrogens is 258 g/mol. The molecule has 2 heterocycles. The van der Waals surface area contributed by atoms with Crippen molar-refractivity contribution in [3.05, 3.63) is 22.6 Å². The summed E-state index contributed by atoms with van der Waals surface area (Å²) in [4.78, 5) is 25.1. The number of hydrazine groups is 1. The van der Waals surface area contributed by atoms with Gasteiger partial charge in [0.05, 0.1) is 11.9 Å². The van der Waals surface area contributed by atoms with Crippen LogP contribution < -0.4 is 21.7 Å². The molecule has 7 nitrogen and oxygen atoms in total. The third-order valence-electron chi connectivity index (χ3n) is 3.51. The minimum Gasteiger partial charge on any atom is -0.370 e. The monoisotopic (exact) mass is 279 g/mol. The molecular formula is C13H21N5O2. The Kier molecular flexibility index (Phi) is 5.11. The predicted molar refractivity (Wildman–Crippen MR) is 76.1 cm³/mol. The van der Waals surface area contributed by atoms with Gasteiger partial charge in [0.15, 0.2) is 0 Å². The van der Waals surface area contributed by atoms with Crippen LogP contribution in [0.15, 0.2) is 17.1 Å². The van der Waals surface area contributed by atoms with Crippen molar-refractivity contribution in [3.63, 3.8) is 0 Å². The lowest BCUT2D eigenvalue weighted by atomic mass is 10.2. The molecule has 1 aliphatic rings. The average molecular weight is 279 g/mol. The highest BCUT2D eigenvalue weighted by molar-refractivity contribution is 5.75. The molecule has 2 rings (SSSR count). The van der Waals surface area contributed by atoms with Crippen LogP contribution in [0.4, 0.5) is 5.69 Å². The molecule has 0 bridgehead atoms. The molecule has 3 N–H and O–H groups in total. The zero-order valence-corrected chi connectivity index (χ0v) is 11.5. The number of carbonyl (C=O) groups excluding carboxylic acids is 1. The summed E-state index contributed by atoms with van der Waals surface area (Å²) in [6.07, 6.45) is 5.88. The van der Waals surface area contributed by atoms with Crippen molar-refractivity contribution in [2.45, 2.75) is 38.6 Å². The van der Waals surface area contributed by atoms with Crippen LogP contribution in [0.25, 0.3) is 0 Å². The first-order valence-electron chi connectivity index (χ1n) is 7.02. The minimum absolute atomic E-state index is 0.0855. The maximum Gasteiger partial charge on any atom is 0.268 e. The van der Waals surface area contributed by atoms with Crippen molar-refractivity contribution in [2.75, 3.05) is 18.0 Å². The summed E-state index contributed by atoms with van der Waals surface area (Å²) in [6, 6.07) is 1.64. The van der Waals surface area contributed by atoms with Gasteiger partial charge in [-0.05, 0) is 25.7 Å².